The third-order valence-corrected chi connectivity index (χ3v) is 4.15. The van der Waals surface area contributed by atoms with Crippen molar-refractivity contribution in [1.29, 1.82) is 0 Å². The molecule has 0 heterocycles. The quantitative estimate of drug-likeness (QED) is 0.740. The number of carbonyl (C=O) groups is 1. The van der Waals surface area contributed by atoms with Crippen molar-refractivity contribution in [3.05, 3.63) is 60.7 Å². The molecule has 1 aliphatic rings. The Labute approximate surface area is 148 Å². The van der Waals surface area contributed by atoms with Crippen LogP contribution in [-0.2, 0) is 4.79 Å². The Morgan fingerprint density at radius 3 is 2.56 bits per heavy atom. The van der Waals surface area contributed by atoms with Crippen LogP contribution in [0.2, 0.25) is 0 Å². The summed E-state index contributed by atoms with van der Waals surface area (Å²) in [5.74, 6) is 2.22. The third-order valence-electron chi connectivity index (χ3n) is 4.15. The number of ether oxygens (including phenoxy) is 2. The van der Waals surface area contributed by atoms with Crippen molar-refractivity contribution in [3.8, 4) is 17.2 Å². The zero-order valence-electron chi connectivity index (χ0n) is 14.4. The molecular weight excluding hydrogens is 314 g/mol. The normalized spacial score (nSPS) is 16.3. The van der Waals surface area contributed by atoms with E-state index in [1.807, 2.05) is 55.5 Å². The molecule has 1 amide bonds. The van der Waals surface area contributed by atoms with Crippen LogP contribution in [0.4, 0.5) is 5.69 Å². The molecule has 25 heavy (non-hydrogen) atoms. The summed E-state index contributed by atoms with van der Waals surface area (Å²) in [6.45, 7) is 2.58. The highest BCUT2D eigenvalue weighted by Crippen LogP contribution is 2.31. The van der Waals surface area contributed by atoms with Gasteiger partial charge in [0.15, 0.2) is 5.75 Å². The molecule has 0 aromatic heterocycles. The van der Waals surface area contributed by atoms with E-state index in [2.05, 4.69) is 17.5 Å². The first kappa shape index (κ1) is 17.1. The molecule has 0 aliphatic heterocycles. The lowest BCUT2D eigenvalue weighted by molar-refractivity contribution is -0.120. The predicted octanol–water partition coefficient (Wildman–Crippen LogP) is 5.17. The summed E-state index contributed by atoms with van der Waals surface area (Å²) in [7, 11) is 0. The molecule has 0 spiro atoms. The van der Waals surface area contributed by atoms with E-state index >= 15 is 0 Å². The minimum Gasteiger partial charge on any atom is -0.494 e. The van der Waals surface area contributed by atoms with Gasteiger partial charge in [-0.25, -0.2) is 0 Å². The van der Waals surface area contributed by atoms with E-state index in [0.717, 1.165) is 25.0 Å². The zero-order valence-corrected chi connectivity index (χ0v) is 14.4. The lowest BCUT2D eigenvalue weighted by Crippen LogP contribution is -2.23. The van der Waals surface area contributed by atoms with Crippen LogP contribution in [-0.4, -0.2) is 12.5 Å². The number of amides is 1. The van der Waals surface area contributed by atoms with Crippen molar-refractivity contribution in [1.82, 2.24) is 0 Å². The third kappa shape index (κ3) is 4.63. The number of nitrogens with one attached hydrogen (secondary N) is 1. The van der Waals surface area contributed by atoms with Gasteiger partial charge in [-0.3, -0.25) is 4.79 Å². The second-order valence-electron chi connectivity index (χ2n) is 5.97. The molecule has 1 aliphatic carbocycles. The van der Waals surface area contributed by atoms with Crippen LogP contribution in [0, 0.1) is 5.92 Å². The molecule has 0 saturated heterocycles. The molecule has 130 valence electrons. The molecule has 0 fully saturated rings. The fraction of sp³-hybridized carbons (Fsp3) is 0.286. The van der Waals surface area contributed by atoms with Gasteiger partial charge in [-0.1, -0.05) is 24.3 Å². The number of para-hydroxylation sites is 2. The van der Waals surface area contributed by atoms with Crippen molar-refractivity contribution < 1.29 is 14.3 Å². The first-order valence-corrected chi connectivity index (χ1v) is 8.72. The van der Waals surface area contributed by atoms with Crippen molar-refractivity contribution in [2.45, 2.75) is 26.2 Å². The van der Waals surface area contributed by atoms with Gasteiger partial charge in [0.2, 0.25) is 5.91 Å². The van der Waals surface area contributed by atoms with Crippen LogP contribution in [0.25, 0.3) is 0 Å². The summed E-state index contributed by atoms with van der Waals surface area (Å²) in [5.41, 5.74) is 0.691. The Hall–Kier alpha value is -2.75. The lowest BCUT2D eigenvalue weighted by Gasteiger charge is -2.18. The first-order chi connectivity index (χ1) is 12.3. The maximum absolute atomic E-state index is 12.5. The summed E-state index contributed by atoms with van der Waals surface area (Å²) >= 11 is 0. The van der Waals surface area contributed by atoms with Crippen LogP contribution in [0.15, 0.2) is 60.7 Å². The van der Waals surface area contributed by atoms with Gasteiger partial charge >= 0.3 is 0 Å². The van der Waals surface area contributed by atoms with Gasteiger partial charge in [0.25, 0.3) is 0 Å². The molecule has 2 aromatic rings. The van der Waals surface area contributed by atoms with Crippen LogP contribution in [0.5, 0.6) is 17.2 Å². The van der Waals surface area contributed by atoms with E-state index in [-0.39, 0.29) is 11.8 Å². The predicted molar refractivity (Wildman–Crippen MR) is 99.2 cm³/mol. The van der Waals surface area contributed by atoms with Crippen molar-refractivity contribution in [3.63, 3.8) is 0 Å². The monoisotopic (exact) mass is 337 g/mol. The Morgan fingerprint density at radius 2 is 1.84 bits per heavy atom. The Bertz CT molecular complexity index is 737. The van der Waals surface area contributed by atoms with Crippen molar-refractivity contribution in [2.75, 3.05) is 11.9 Å². The van der Waals surface area contributed by atoms with Crippen molar-refractivity contribution >= 4 is 11.6 Å². The molecule has 0 bridgehead atoms. The Balaban J connectivity index is 1.69. The van der Waals surface area contributed by atoms with Gasteiger partial charge < -0.3 is 14.8 Å². The molecule has 0 saturated carbocycles. The van der Waals surface area contributed by atoms with Crippen LogP contribution in [0.1, 0.15) is 26.2 Å². The molecule has 0 unspecified atom stereocenters. The smallest absolute Gasteiger partial charge is 0.227 e. The number of anilines is 1. The lowest BCUT2D eigenvalue weighted by atomic mass is 9.93. The second-order valence-corrected chi connectivity index (χ2v) is 5.97. The van der Waals surface area contributed by atoms with E-state index in [0.29, 0.717) is 23.8 Å². The summed E-state index contributed by atoms with van der Waals surface area (Å²) < 4.78 is 11.4. The molecule has 1 atom stereocenters. The molecular formula is C21H23NO3. The number of hydrogen-bond donors (Lipinski definition) is 1. The van der Waals surface area contributed by atoms with Crippen LogP contribution < -0.4 is 14.8 Å². The van der Waals surface area contributed by atoms with E-state index in [4.69, 9.17) is 9.47 Å². The number of benzene rings is 2. The molecule has 4 heteroatoms. The fourth-order valence-corrected chi connectivity index (χ4v) is 2.82. The van der Waals surface area contributed by atoms with Crippen LogP contribution >= 0.6 is 0 Å². The Kier molecular flexibility index (Phi) is 5.73. The molecule has 4 nitrogen and oxygen atoms in total. The van der Waals surface area contributed by atoms with Gasteiger partial charge in [-0.05, 0) is 62.6 Å². The topological polar surface area (TPSA) is 47.6 Å². The largest absolute Gasteiger partial charge is 0.494 e. The van der Waals surface area contributed by atoms with Crippen molar-refractivity contribution in [2.24, 2.45) is 5.92 Å². The van der Waals surface area contributed by atoms with E-state index in [1.54, 1.807) is 0 Å². The molecule has 2 aromatic carbocycles. The second kappa shape index (κ2) is 8.38. The summed E-state index contributed by atoms with van der Waals surface area (Å²) in [5, 5.41) is 3.01. The SMILES string of the molecule is CCOc1ccc(Oc2ccccc2NC(=O)[C@H]2CC=CCC2)cc1. The number of rotatable bonds is 6. The average Bonchev–Trinajstić information content (AvgIpc) is 2.66. The maximum Gasteiger partial charge on any atom is 0.227 e. The standard InChI is InChI=1S/C21H23NO3/c1-2-24-17-12-14-18(15-13-17)25-20-11-7-6-10-19(20)22-21(23)16-8-4-3-5-9-16/h3-4,6-7,10-16H,2,5,8-9H2,1H3,(H,22,23)/t16-/m0/s1. The van der Waals surface area contributed by atoms with Crippen LogP contribution in [0.3, 0.4) is 0 Å². The molecule has 0 radical (unpaired) electrons. The number of carbonyl (C=O) groups excluding carboxylic acids is 1. The minimum atomic E-state index is 0.0310. The highest BCUT2D eigenvalue weighted by molar-refractivity contribution is 5.94. The number of allylic oxidation sites excluding steroid dienone is 2. The van der Waals surface area contributed by atoms with Gasteiger partial charge in [-0.2, -0.15) is 0 Å². The van der Waals surface area contributed by atoms with Gasteiger partial charge in [0.1, 0.15) is 11.5 Å². The summed E-state index contributed by atoms with van der Waals surface area (Å²) in [6, 6.07) is 14.9. The zero-order chi connectivity index (χ0) is 17.5. The van der Waals surface area contributed by atoms with Gasteiger partial charge in [0, 0.05) is 5.92 Å². The molecule has 3 rings (SSSR count). The maximum atomic E-state index is 12.5. The van der Waals surface area contributed by atoms with E-state index in [9.17, 15) is 4.79 Å². The van der Waals surface area contributed by atoms with E-state index in [1.165, 1.54) is 0 Å². The fourth-order valence-electron chi connectivity index (χ4n) is 2.82. The minimum absolute atomic E-state index is 0.0310. The highest BCUT2D eigenvalue weighted by Gasteiger charge is 2.19. The molecule has 1 N–H and O–H groups in total. The summed E-state index contributed by atoms with van der Waals surface area (Å²) in [6.07, 6.45) is 6.86. The highest BCUT2D eigenvalue weighted by atomic mass is 16.5. The van der Waals surface area contributed by atoms with E-state index < -0.39 is 0 Å². The number of hydrogen-bond acceptors (Lipinski definition) is 3. The summed E-state index contributed by atoms with van der Waals surface area (Å²) in [4.78, 5) is 12.5. The average molecular weight is 337 g/mol. The first-order valence-electron chi connectivity index (χ1n) is 8.72. The Morgan fingerprint density at radius 1 is 1.08 bits per heavy atom. The van der Waals surface area contributed by atoms with Gasteiger partial charge in [0.05, 0.1) is 12.3 Å². The van der Waals surface area contributed by atoms with Gasteiger partial charge in [-0.15, -0.1) is 0 Å².